The molecule has 0 amide bonds. The minimum atomic E-state index is -0.352. The quantitative estimate of drug-likeness (QED) is 0.832. The van der Waals surface area contributed by atoms with E-state index in [0.29, 0.717) is 16.8 Å². The lowest BCUT2D eigenvalue weighted by Crippen LogP contribution is -2.13. The van der Waals surface area contributed by atoms with E-state index >= 15 is 0 Å². The normalized spacial score (nSPS) is 9.86. The van der Waals surface area contributed by atoms with Crippen LogP contribution in [0.4, 0.5) is 0 Å². The molecule has 5 heteroatoms. The third kappa shape index (κ3) is 2.99. The number of aromatic amines is 1. The maximum atomic E-state index is 11.1. The molecule has 0 fully saturated rings. The van der Waals surface area contributed by atoms with Gasteiger partial charge in [-0.15, -0.1) is 0 Å². The average Bonchev–Trinajstić information content (AvgIpc) is 2.12. The molecule has 0 aromatic carbocycles. The summed E-state index contributed by atoms with van der Waals surface area (Å²) < 4.78 is 5.46. The van der Waals surface area contributed by atoms with E-state index in [1.807, 2.05) is 0 Å². The lowest BCUT2D eigenvalue weighted by Gasteiger charge is -2.03. The molecule has 1 rings (SSSR count). The highest BCUT2D eigenvalue weighted by molar-refractivity contribution is 9.10. The molecule has 0 bridgehead atoms. The number of H-pyrrole nitrogens is 1. The van der Waals surface area contributed by atoms with Gasteiger partial charge >= 0.3 is 5.97 Å². The van der Waals surface area contributed by atoms with E-state index in [2.05, 4.69) is 20.9 Å². The van der Waals surface area contributed by atoms with Gasteiger partial charge in [-0.2, -0.15) is 0 Å². The summed E-state index contributed by atoms with van der Waals surface area (Å²) in [5.74, 6) is -0.352. The first-order valence-electron chi connectivity index (χ1n) is 4.16. The molecule has 1 aromatic heterocycles. The zero-order chi connectivity index (χ0) is 10.6. The second-order valence-corrected chi connectivity index (χ2v) is 3.49. The summed E-state index contributed by atoms with van der Waals surface area (Å²) in [6, 6.07) is 2.99. The predicted molar refractivity (Wildman–Crippen MR) is 55.1 cm³/mol. The van der Waals surface area contributed by atoms with E-state index in [9.17, 15) is 9.59 Å². The highest BCUT2D eigenvalue weighted by Crippen LogP contribution is 2.12. The summed E-state index contributed by atoms with van der Waals surface area (Å²) >= 11 is 3.23. The molecule has 0 aliphatic heterocycles. The summed E-state index contributed by atoms with van der Waals surface area (Å²) in [5.41, 5.74) is 0.309. The van der Waals surface area contributed by atoms with Crippen LogP contribution in [0.1, 0.15) is 12.6 Å². The molecule has 1 aromatic rings. The van der Waals surface area contributed by atoms with Crippen molar-refractivity contribution in [3.8, 4) is 0 Å². The van der Waals surface area contributed by atoms with Crippen LogP contribution in [-0.2, 0) is 16.0 Å². The zero-order valence-electron chi connectivity index (χ0n) is 7.67. The number of ether oxygens (including phenoxy) is 1. The fourth-order valence-electron chi connectivity index (χ4n) is 0.985. The Labute approximate surface area is 89.4 Å². The molecule has 4 nitrogen and oxygen atoms in total. The molecule has 14 heavy (non-hydrogen) atoms. The Balaban J connectivity index is 2.80. The van der Waals surface area contributed by atoms with Crippen LogP contribution in [-0.4, -0.2) is 17.6 Å². The van der Waals surface area contributed by atoms with Crippen LogP contribution in [0, 0.1) is 0 Å². The van der Waals surface area contributed by atoms with Gasteiger partial charge in [0, 0.05) is 16.2 Å². The number of hydrogen-bond donors (Lipinski definition) is 1. The molecule has 0 aliphatic rings. The maximum absolute atomic E-state index is 11.1. The van der Waals surface area contributed by atoms with Gasteiger partial charge in [-0.05, 0) is 28.9 Å². The first kappa shape index (κ1) is 11.0. The second kappa shape index (κ2) is 4.95. The SMILES string of the molecule is CCOC(=O)Cc1[nH]c(=O)ccc1Br. The van der Waals surface area contributed by atoms with Gasteiger partial charge in [0.05, 0.1) is 13.0 Å². The number of rotatable bonds is 3. The van der Waals surface area contributed by atoms with Crippen molar-refractivity contribution in [2.75, 3.05) is 6.61 Å². The molecule has 1 N–H and O–H groups in total. The fourth-order valence-corrected chi connectivity index (χ4v) is 1.36. The van der Waals surface area contributed by atoms with Gasteiger partial charge in [0.1, 0.15) is 0 Å². The summed E-state index contributed by atoms with van der Waals surface area (Å²) in [7, 11) is 0. The van der Waals surface area contributed by atoms with E-state index in [1.54, 1.807) is 13.0 Å². The minimum Gasteiger partial charge on any atom is -0.466 e. The molecule has 1 heterocycles. The van der Waals surface area contributed by atoms with E-state index in [1.165, 1.54) is 6.07 Å². The Morgan fingerprint density at radius 3 is 2.93 bits per heavy atom. The van der Waals surface area contributed by atoms with Gasteiger partial charge in [0.25, 0.3) is 0 Å². The number of pyridine rings is 1. The molecule has 0 unspecified atom stereocenters. The van der Waals surface area contributed by atoms with Gasteiger partial charge in [-0.25, -0.2) is 0 Å². The van der Waals surface area contributed by atoms with Crippen molar-refractivity contribution < 1.29 is 9.53 Å². The lowest BCUT2D eigenvalue weighted by atomic mass is 10.3. The van der Waals surface area contributed by atoms with Gasteiger partial charge < -0.3 is 9.72 Å². The van der Waals surface area contributed by atoms with Crippen molar-refractivity contribution >= 4 is 21.9 Å². The monoisotopic (exact) mass is 259 g/mol. The van der Waals surface area contributed by atoms with Crippen molar-refractivity contribution in [1.82, 2.24) is 4.98 Å². The number of hydrogen-bond acceptors (Lipinski definition) is 3. The smallest absolute Gasteiger partial charge is 0.311 e. The number of aromatic nitrogens is 1. The van der Waals surface area contributed by atoms with E-state index in [4.69, 9.17) is 4.74 Å². The fraction of sp³-hybridized carbons (Fsp3) is 0.333. The van der Waals surface area contributed by atoms with Crippen molar-refractivity contribution in [2.45, 2.75) is 13.3 Å². The highest BCUT2D eigenvalue weighted by atomic mass is 79.9. The Hall–Kier alpha value is -1.10. The van der Waals surface area contributed by atoms with E-state index < -0.39 is 0 Å². The second-order valence-electron chi connectivity index (χ2n) is 2.63. The minimum absolute atomic E-state index is 0.0739. The van der Waals surface area contributed by atoms with Gasteiger partial charge in [-0.3, -0.25) is 9.59 Å². The molecule has 0 aliphatic carbocycles. The topological polar surface area (TPSA) is 59.2 Å². The average molecular weight is 260 g/mol. The summed E-state index contributed by atoms with van der Waals surface area (Å²) in [5, 5.41) is 0. The van der Waals surface area contributed by atoms with Crippen LogP contribution in [0.5, 0.6) is 0 Å². The number of carbonyl (C=O) groups is 1. The van der Waals surface area contributed by atoms with Crippen LogP contribution in [0.2, 0.25) is 0 Å². The van der Waals surface area contributed by atoms with Gasteiger partial charge in [-0.1, -0.05) is 0 Å². The van der Waals surface area contributed by atoms with Gasteiger partial charge in [0.2, 0.25) is 5.56 Å². The third-order valence-corrected chi connectivity index (χ3v) is 2.31. The van der Waals surface area contributed by atoms with Crippen LogP contribution in [0.15, 0.2) is 21.4 Å². The maximum Gasteiger partial charge on any atom is 0.311 e. The van der Waals surface area contributed by atoms with Crippen LogP contribution in [0.3, 0.4) is 0 Å². The standard InChI is InChI=1S/C9H10BrNO3/c1-2-14-9(13)5-7-6(10)3-4-8(12)11-7/h3-4H,2,5H2,1H3,(H,11,12). The predicted octanol–water partition coefficient (Wildman–Crippen LogP) is 1.24. The van der Waals surface area contributed by atoms with Crippen molar-refractivity contribution in [2.24, 2.45) is 0 Å². The van der Waals surface area contributed by atoms with Crippen molar-refractivity contribution in [3.63, 3.8) is 0 Å². The number of carbonyl (C=O) groups excluding carboxylic acids is 1. The van der Waals surface area contributed by atoms with Crippen LogP contribution >= 0.6 is 15.9 Å². The highest BCUT2D eigenvalue weighted by Gasteiger charge is 2.07. The van der Waals surface area contributed by atoms with E-state index in [0.717, 1.165) is 0 Å². The zero-order valence-corrected chi connectivity index (χ0v) is 9.26. The van der Waals surface area contributed by atoms with Crippen molar-refractivity contribution in [1.29, 1.82) is 0 Å². The third-order valence-electron chi connectivity index (χ3n) is 1.57. The molecule has 0 saturated heterocycles. The molecule has 0 radical (unpaired) electrons. The van der Waals surface area contributed by atoms with Crippen LogP contribution in [0.25, 0.3) is 0 Å². The Bertz CT molecular complexity index is 386. The first-order chi connectivity index (χ1) is 6.63. The number of nitrogens with one attached hydrogen (secondary N) is 1. The van der Waals surface area contributed by atoms with E-state index in [-0.39, 0.29) is 17.9 Å². The first-order valence-corrected chi connectivity index (χ1v) is 4.96. The molecule has 76 valence electrons. The Morgan fingerprint density at radius 1 is 1.57 bits per heavy atom. The molecule has 0 atom stereocenters. The summed E-state index contributed by atoms with van der Waals surface area (Å²) in [6.07, 6.45) is 0.0739. The number of esters is 1. The van der Waals surface area contributed by atoms with Crippen LogP contribution < -0.4 is 5.56 Å². The molecular formula is C9H10BrNO3. The van der Waals surface area contributed by atoms with Gasteiger partial charge in [0.15, 0.2) is 0 Å². The summed E-state index contributed by atoms with van der Waals surface area (Å²) in [4.78, 5) is 24.6. The van der Waals surface area contributed by atoms with Crippen molar-refractivity contribution in [3.05, 3.63) is 32.7 Å². The molecule has 0 spiro atoms. The molecular weight excluding hydrogens is 250 g/mol. The largest absolute Gasteiger partial charge is 0.466 e. The Morgan fingerprint density at radius 2 is 2.29 bits per heavy atom. The summed E-state index contributed by atoms with van der Waals surface area (Å²) in [6.45, 7) is 2.08. The lowest BCUT2D eigenvalue weighted by molar-refractivity contribution is -0.142. The Kier molecular flexibility index (Phi) is 3.88. The number of halogens is 1. The molecule has 0 saturated carbocycles.